The van der Waals surface area contributed by atoms with Crippen LogP contribution in [-0.2, 0) is 25.5 Å². The van der Waals surface area contributed by atoms with Gasteiger partial charge in [-0.05, 0) is 25.0 Å². The Hall–Kier alpha value is -2.24. The van der Waals surface area contributed by atoms with E-state index in [4.69, 9.17) is 4.74 Å². The van der Waals surface area contributed by atoms with Gasteiger partial charge in [0, 0.05) is 18.9 Å². The average molecular weight is 290 g/mol. The van der Waals surface area contributed by atoms with E-state index in [1.807, 2.05) is 6.07 Å². The summed E-state index contributed by atoms with van der Waals surface area (Å²) < 4.78 is 4.87. The molecule has 2 heterocycles. The van der Waals surface area contributed by atoms with E-state index in [2.05, 4.69) is 4.98 Å². The summed E-state index contributed by atoms with van der Waals surface area (Å²) in [6, 6.07) is 3.58. The summed E-state index contributed by atoms with van der Waals surface area (Å²) in [6.45, 7) is 2.33. The van der Waals surface area contributed by atoms with Crippen molar-refractivity contribution < 1.29 is 19.1 Å². The lowest BCUT2D eigenvalue weighted by molar-refractivity contribution is -0.155. The van der Waals surface area contributed by atoms with Crippen molar-refractivity contribution in [1.29, 1.82) is 0 Å². The quantitative estimate of drug-likeness (QED) is 0.599. The molecule has 6 nitrogen and oxygen atoms in total. The molecule has 0 aliphatic carbocycles. The summed E-state index contributed by atoms with van der Waals surface area (Å²) >= 11 is 0. The first-order valence-electron chi connectivity index (χ1n) is 6.98. The number of hydrogen-bond donors (Lipinski definition) is 0. The molecule has 1 amide bonds. The Kier molecular flexibility index (Phi) is 5.03. The number of amides is 1. The molecule has 112 valence electrons. The summed E-state index contributed by atoms with van der Waals surface area (Å²) in [4.78, 5) is 41.2. The minimum Gasteiger partial charge on any atom is -0.465 e. The Morgan fingerprint density at radius 1 is 1.48 bits per heavy atom. The standard InChI is InChI=1S/C15H18N2O4/c1-2-21-15(20)12-5-7-17(10-13(12)18)14(19)8-11-4-3-6-16-9-11/h3-4,6,9,12H,2,5,7-8,10H2,1H3. The van der Waals surface area contributed by atoms with Crippen molar-refractivity contribution in [2.24, 2.45) is 5.92 Å². The lowest BCUT2D eigenvalue weighted by Crippen LogP contribution is -2.47. The van der Waals surface area contributed by atoms with Crippen molar-refractivity contribution in [3.05, 3.63) is 30.1 Å². The van der Waals surface area contributed by atoms with Gasteiger partial charge in [0.2, 0.25) is 5.91 Å². The highest BCUT2D eigenvalue weighted by atomic mass is 16.5. The van der Waals surface area contributed by atoms with Crippen LogP contribution in [0.2, 0.25) is 0 Å². The zero-order valence-electron chi connectivity index (χ0n) is 11.9. The molecule has 21 heavy (non-hydrogen) atoms. The van der Waals surface area contributed by atoms with Crippen molar-refractivity contribution in [2.75, 3.05) is 19.7 Å². The summed E-state index contributed by atoms with van der Waals surface area (Å²) in [5.74, 6) is -1.59. The van der Waals surface area contributed by atoms with Crippen LogP contribution in [0.25, 0.3) is 0 Å². The summed E-state index contributed by atoms with van der Waals surface area (Å²) in [6.07, 6.45) is 3.81. The van der Waals surface area contributed by atoms with Crippen molar-refractivity contribution in [3.8, 4) is 0 Å². The molecule has 0 aromatic carbocycles. The fourth-order valence-electron chi connectivity index (χ4n) is 2.32. The van der Waals surface area contributed by atoms with Crippen molar-refractivity contribution >= 4 is 17.7 Å². The van der Waals surface area contributed by atoms with E-state index in [9.17, 15) is 14.4 Å². The maximum atomic E-state index is 12.1. The zero-order valence-corrected chi connectivity index (χ0v) is 11.9. The van der Waals surface area contributed by atoms with Crippen molar-refractivity contribution in [2.45, 2.75) is 19.8 Å². The predicted octanol–water partition coefficient (Wildman–Crippen LogP) is 0.605. The van der Waals surface area contributed by atoms with Crippen LogP contribution in [0.3, 0.4) is 0 Å². The van der Waals surface area contributed by atoms with Gasteiger partial charge in [-0.3, -0.25) is 19.4 Å². The largest absolute Gasteiger partial charge is 0.465 e. The first-order valence-corrected chi connectivity index (χ1v) is 6.98. The normalized spacial score (nSPS) is 18.4. The van der Waals surface area contributed by atoms with E-state index >= 15 is 0 Å². The van der Waals surface area contributed by atoms with Crippen LogP contribution in [0.5, 0.6) is 0 Å². The molecule has 6 heteroatoms. The second-order valence-corrected chi connectivity index (χ2v) is 4.91. The number of ether oxygens (including phenoxy) is 1. The van der Waals surface area contributed by atoms with Gasteiger partial charge in [0.1, 0.15) is 5.92 Å². The average Bonchev–Trinajstić information content (AvgIpc) is 2.48. The number of Topliss-reactive ketones (excluding diaryl/α,β-unsaturated/α-hetero) is 1. The molecule has 1 aromatic heterocycles. The lowest BCUT2D eigenvalue weighted by Gasteiger charge is -2.29. The molecule has 0 saturated carbocycles. The maximum Gasteiger partial charge on any atom is 0.316 e. The predicted molar refractivity (Wildman–Crippen MR) is 74.3 cm³/mol. The molecule has 0 N–H and O–H groups in total. The molecular formula is C15H18N2O4. The maximum absolute atomic E-state index is 12.1. The van der Waals surface area contributed by atoms with E-state index in [-0.39, 0.29) is 31.3 Å². The Bertz CT molecular complexity index is 530. The topological polar surface area (TPSA) is 76.6 Å². The lowest BCUT2D eigenvalue weighted by atomic mass is 9.95. The number of likely N-dealkylation sites (tertiary alicyclic amines) is 1. The SMILES string of the molecule is CCOC(=O)C1CCN(C(=O)Cc2cccnc2)CC1=O. The number of piperidine rings is 1. The number of rotatable bonds is 4. The number of esters is 1. The number of ketones is 1. The van der Waals surface area contributed by atoms with E-state index in [1.54, 1.807) is 25.4 Å². The number of carbonyl (C=O) groups excluding carboxylic acids is 3. The number of nitrogens with zero attached hydrogens (tertiary/aromatic N) is 2. The van der Waals surface area contributed by atoms with E-state index in [0.29, 0.717) is 13.0 Å². The highest BCUT2D eigenvalue weighted by molar-refractivity contribution is 6.02. The Morgan fingerprint density at radius 3 is 2.90 bits per heavy atom. The van der Waals surface area contributed by atoms with Crippen LogP contribution in [0.15, 0.2) is 24.5 Å². The van der Waals surface area contributed by atoms with E-state index in [1.165, 1.54) is 4.90 Å². The van der Waals surface area contributed by atoms with Gasteiger partial charge in [0.15, 0.2) is 5.78 Å². The van der Waals surface area contributed by atoms with Crippen LogP contribution in [0.1, 0.15) is 18.9 Å². The second kappa shape index (κ2) is 6.97. The number of carbonyl (C=O) groups is 3. The van der Waals surface area contributed by atoms with Gasteiger partial charge in [-0.25, -0.2) is 0 Å². The molecule has 1 atom stereocenters. The minimum absolute atomic E-state index is 0.0252. The Morgan fingerprint density at radius 2 is 2.29 bits per heavy atom. The van der Waals surface area contributed by atoms with Gasteiger partial charge in [0.05, 0.1) is 19.6 Å². The molecule has 1 aliphatic heterocycles. The summed E-state index contributed by atoms with van der Waals surface area (Å²) in [7, 11) is 0. The first-order chi connectivity index (χ1) is 10.1. The minimum atomic E-state index is -0.729. The molecule has 2 rings (SSSR count). The molecule has 1 unspecified atom stereocenters. The van der Waals surface area contributed by atoms with Crippen molar-refractivity contribution in [1.82, 2.24) is 9.88 Å². The van der Waals surface area contributed by atoms with Crippen LogP contribution in [0.4, 0.5) is 0 Å². The van der Waals surface area contributed by atoms with E-state index in [0.717, 1.165) is 5.56 Å². The molecule has 0 radical (unpaired) electrons. The summed E-state index contributed by atoms with van der Waals surface area (Å²) in [5, 5.41) is 0. The third kappa shape index (κ3) is 3.87. The fraction of sp³-hybridized carbons (Fsp3) is 0.467. The number of aromatic nitrogens is 1. The van der Waals surface area contributed by atoms with Gasteiger partial charge in [-0.1, -0.05) is 6.07 Å². The second-order valence-electron chi connectivity index (χ2n) is 4.91. The molecule has 0 bridgehead atoms. The Balaban J connectivity index is 1.91. The highest BCUT2D eigenvalue weighted by Gasteiger charge is 2.35. The van der Waals surface area contributed by atoms with Crippen LogP contribution in [0, 0.1) is 5.92 Å². The molecule has 1 aliphatic rings. The fourth-order valence-corrected chi connectivity index (χ4v) is 2.32. The molecule has 1 saturated heterocycles. The molecule has 1 fully saturated rings. The van der Waals surface area contributed by atoms with Gasteiger partial charge < -0.3 is 9.64 Å². The third-order valence-electron chi connectivity index (χ3n) is 3.43. The molecule has 0 spiro atoms. The van der Waals surface area contributed by atoms with Gasteiger partial charge in [-0.15, -0.1) is 0 Å². The zero-order chi connectivity index (χ0) is 15.2. The van der Waals surface area contributed by atoms with Crippen molar-refractivity contribution in [3.63, 3.8) is 0 Å². The molecular weight excluding hydrogens is 272 g/mol. The highest BCUT2D eigenvalue weighted by Crippen LogP contribution is 2.16. The number of hydrogen-bond acceptors (Lipinski definition) is 5. The first kappa shape index (κ1) is 15.2. The third-order valence-corrected chi connectivity index (χ3v) is 3.43. The number of pyridine rings is 1. The van der Waals surface area contributed by atoms with Gasteiger partial charge in [-0.2, -0.15) is 0 Å². The van der Waals surface area contributed by atoms with Gasteiger partial charge >= 0.3 is 5.97 Å². The van der Waals surface area contributed by atoms with Crippen LogP contribution >= 0.6 is 0 Å². The monoisotopic (exact) mass is 290 g/mol. The van der Waals surface area contributed by atoms with Crippen LogP contribution in [-0.4, -0.2) is 47.2 Å². The van der Waals surface area contributed by atoms with Gasteiger partial charge in [0.25, 0.3) is 0 Å². The molecule has 1 aromatic rings. The smallest absolute Gasteiger partial charge is 0.316 e. The Labute approximate surface area is 123 Å². The summed E-state index contributed by atoms with van der Waals surface area (Å²) in [5.41, 5.74) is 0.808. The van der Waals surface area contributed by atoms with E-state index < -0.39 is 11.9 Å². The van der Waals surface area contributed by atoms with Crippen LogP contribution < -0.4 is 0 Å².